The summed E-state index contributed by atoms with van der Waals surface area (Å²) in [4.78, 5) is 15.2. The zero-order valence-electron chi connectivity index (χ0n) is 24.8. The number of aromatic amines is 1. The van der Waals surface area contributed by atoms with Gasteiger partial charge in [0.15, 0.2) is 5.65 Å². The molecule has 4 aromatic rings. The van der Waals surface area contributed by atoms with Crippen LogP contribution in [-0.4, -0.2) is 101 Å². The summed E-state index contributed by atoms with van der Waals surface area (Å²) in [5.74, 6) is 1.69. The number of hydrogen-bond donors (Lipinski definition) is 2. The van der Waals surface area contributed by atoms with E-state index in [-0.39, 0.29) is 11.8 Å². The van der Waals surface area contributed by atoms with Gasteiger partial charge in [0.05, 0.1) is 29.1 Å². The summed E-state index contributed by atoms with van der Waals surface area (Å²) in [7, 11) is -3.21. The number of anilines is 1. The molecule has 0 amide bonds. The number of nitrogens with one attached hydrogen (secondary N) is 2. The van der Waals surface area contributed by atoms with Crippen molar-refractivity contribution in [1.82, 2.24) is 28.7 Å². The fourth-order valence-corrected chi connectivity index (χ4v) is 7.47. The van der Waals surface area contributed by atoms with Gasteiger partial charge in [-0.05, 0) is 73.5 Å². The smallest absolute Gasteiger partial charge is 0.213 e. The molecule has 230 valence electrons. The van der Waals surface area contributed by atoms with Gasteiger partial charge in [-0.25, -0.2) is 18.4 Å². The molecule has 2 fully saturated rings. The molecule has 0 spiro atoms. The van der Waals surface area contributed by atoms with Crippen LogP contribution in [0.5, 0.6) is 5.75 Å². The molecule has 5 heterocycles. The highest BCUT2D eigenvalue weighted by Crippen LogP contribution is 2.34. The van der Waals surface area contributed by atoms with Crippen LogP contribution in [0.15, 0.2) is 41.0 Å². The summed E-state index contributed by atoms with van der Waals surface area (Å²) in [5.41, 5.74) is 6.40. The molecule has 1 unspecified atom stereocenters. The van der Waals surface area contributed by atoms with Crippen molar-refractivity contribution >= 4 is 42.8 Å². The third kappa shape index (κ3) is 6.32. The number of benzene rings is 1. The number of nitrogens with zero attached hydrogens (tertiary/aromatic N) is 5. The van der Waals surface area contributed by atoms with Crippen LogP contribution in [0.2, 0.25) is 0 Å². The number of imidazole rings is 1. The van der Waals surface area contributed by atoms with E-state index in [0.717, 1.165) is 89.2 Å². The van der Waals surface area contributed by atoms with Crippen molar-refractivity contribution in [3.8, 4) is 22.8 Å². The minimum absolute atomic E-state index is 0.00800. The van der Waals surface area contributed by atoms with E-state index in [1.165, 1.54) is 0 Å². The number of ether oxygens (including phenoxy) is 2. The average Bonchev–Trinajstić information content (AvgIpc) is 3.73. The Balaban J connectivity index is 1.19. The van der Waals surface area contributed by atoms with Gasteiger partial charge in [0.1, 0.15) is 23.7 Å². The highest BCUT2D eigenvalue weighted by molar-refractivity contribution is 9.10. The number of H-pyrrole nitrogens is 1. The SMILES string of the molecule is CCS(=O)(=O)N1CCC(Nc2c(Br)cnc3nc(-c4cc(C)n(-c5ccc(OCCN6CCOCC6)cc5)c4C)[nH]c23)C1. The van der Waals surface area contributed by atoms with Crippen molar-refractivity contribution in [1.29, 1.82) is 0 Å². The second-order valence-electron chi connectivity index (χ2n) is 11.1. The van der Waals surface area contributed by atoms with E-state index < -0.39 is 10.0 Å². The van der Waals surface area contributed by atoms with Crippen LogP contribution in [-0.2, 0) is 14.8 Å². The first-order valence-corrected chi connectivity index (χ1v) is 17.1. The van der Waals surface area contributed by atoms with Crippen molar-refractivity contribution in [2.24, 2.45) is 0 Å². The van der Waals surface area contributed by atoms with Crippen LogP contribution in [0, 0.1) is 13.8 Å². The minimum atomic E-state index is -3.21. The molecule has 2 aliphatic heterocycles. The number of aryl methyl sites for hydroxylation is 1. The van der Waals surface area contributed by atoms with E-state index in [2.05, 4.69) is 72.7 Å². The molecule has 43 heavy (non-hydrogen) atoms. The zero-order chi connectivity index (χ0) is 30.1. The number of halogens is 1. The third-order valence-electron chi connectivity index (χ3n) is 8.29. The second-order valence-corrected chi connectivity index (χ2v) is 14.2. The largest absolute Gasteiger partial charge is 0.492 e. The van der Waals surface area contributed by atoms with E-state index in [1.807, 2.05) is 12.1 Å². The fourth-order valence-electron chi connectivity index (χ4n) is 5.90. The summed E-state index contributed by atoms with van der Waals surface area (Å²) in [6.45, 7) is 11.8. The Morgan fingerprint density at radius 1 is 1.16 bits per heavy atom. The molecule has 11 nitrogen and oxygen atoms in total. The lowest BCUT2D eigenvalue weighted by atomic mass is 10.2. The maximum Gasteiger partial charge on any atom is 0.213 e. The standard InChI is InChI=1S/C30H38BrN7O4S/c1-4-43(39,40)37-10-9-22(19-37)33-27-26(31)18-32-30-28(27)34-29(35-30)25-17-20(2)38(21(25)3)23-5-7-24(8-6-23)42-16-13-36-11-14-41-15-12-36/h5-8,17-18,22H,4,9-16,19H2,1-3H3,(H2,32,33,34,35). The molecule has 2 aliphatic rings. The molecule has 2 saturated heterocycles. The zero-order valence-corrected chi connectivity index (χ0v) is 27.2. The molecule has 0 bridgehead atoms. The Bertz CT molecular complexity index is 1700. The van der Waals surface area contributed by atoms with Crippen LogP contribution >= 0.6 is 15.9 Å². The lowest BCUT2D eigenvalue weighted by molar-refractivity contribution is 0.0322. The summed E-state index contributed by atoms with van der Waals surface area (Å²) < 4.78 is 40.7. The summed E-state index contributed by atoms with van der Waals surface area (Å²) in [6, 6.07) is 10.3. The van der Waals surface area contributed by atoms with E-state index in [1.54, 1.807) is 17.4 Å². The molecular formula is C30H38BrN7O4S. The minimum Gasteiger partial charge on any atom is -0.492 e. The number of hydrogen-bond acceptors (Lipinski definition) is 8. The number of rotatable bonds is 10. The molecule has 0 saturated carbocycles. The normalized spacial score (nSPS) is 18.5. The summed E-state index contributed by atoms with van der Waals surface area (Å²) in [5, 5.41) is 3.55. The van der Waals surface area contributed by atoms with Crippen molar-refractivity contribution in [2.45, 2.75) is 33.2 Å². The highest BCUT2D eigenvalue weighted by atomic mass is 79.9. The van der Waals surface area contributed by atoms with E-state index in [0.29, 0.717) is 25.3 Å². The van der Waals surface area contributed by atoms with Crippen molar-refractivity contribution < 1.29 is 17.9 Å². The van der Waals surface area contributed by atoms with Gasteiger partial charge in [0, 0.05) is 67.6 Å². The van der Waals surface area contributed by atoms with Gasteiger partial charge < -0.3 is 24.3 Å². The van der Waals surface area contributed by atoms with Gasteiger partial charge in [-0.2, -0.15) is 4.31 Å². The van der Waals surface area contributed by atoms with Crippen LogP contribution in [0.1, 0.15) is 24.7 Å². The Labute approximate surface area is 260 Å². The quantitative estimate of drug-likeness (QED) is 0.256. The predicted octanol–water partition coefficient (Wildman–Crippen LogP) is 4.34. The Kier molecular flexibility index (Phi) is 8.79. The molecule has 0 radical (unpaired) electrons. The fraction of sp³-hybridized carbons (Fsp3) is 0.467. The van der Waals surface area contributed by atoms with Gasteiger partial charge >= 0.3 is 0 Å². The van der Waals surface area contributed by atoms with Gasteiger partial charge in [-0.3, -0.25) is 4.90 Å². The van der Waals surface area contributed by atoms with Gasteiger partial charge in [-0.15, -0.1) is 0 Å². The molecule has 13 heteroatoms. The Morgan fingerprint density at radius 3 is 2.67 bits per heavy atom. The van der Waals surface area contributed by atoms with E-state index in [4.69, 9.17) is 14.5 Å². The van der Waals surface area contributed by atoms with E-state index in [9.17, 15) is 8.42 Å². The highest BCUT2D eigenvalue weighted by Gasteiger charge is 2.31. The first-order chi connectivity index (χ1) is 20.7. The van der Waals surface area contributed by atoms with Crippen molar-refractivity contribution in [2.75, 3.05) is 63.6 Å². The molecule has 6 rings (SSSR count). The molecule has 1 atom stereocenters. The van der Waals surface area contributed by atoms with Gasteiger partial charge in [0.25, 0.3) is 0 Å². The van der Waals surface area contributed by atoms with Crippen LogP contribution in [0.25, 0.3) is 28.2 Å². The van der Waals surface area contributed by atoms with Crippen LogP contribution < -0.4 is 10.1 Å². The van der Waals surface area contributed by atoms with Crippen molar-refractivity contribution in [3.05, 3.63) is 52.4 Å². The monoisotopic (exact) mass is 671 g/mol. The third-order valence-corrected chi connectivity index (χ3v) is 10.7. The molecule has 1 aromatic carbocycles. The average molecular weight is 673 g/mol. The first kappa shape index (κ1) is 30.1. The number of aromatic nitrogens is 4. The van der Waals surface area contributed by atoms with E-state index >= 15 is 0 Å². The summed E-state index contributed by atoms with van der Waals surface area (Å²) >= 11 is 3.63. The lowest BCUT2D eigenvalue weighted by Gasteiger charge is -2.26. The Hall–Kier alpha value is -2.97. The summed E-state index contributed by atoms with van der Waals surface area (Å²) in [6.07, 6.45) is 2.47. The topological polar surface area (TPSA) is 118 Å². The predicted molar refractivity (Wildman–Crippen MR) is 172 cm³/mol. The number of morpholine rings is 1. The lowest BCUT2D eigenvalue weighted by Crippen LogP contribution is -2.38. The second kappa shape index (κ2) is 12.6. The Morgan fingerprint density at radius 2 is 1.93 bits per heavy atom. The van der Waals surface area contributed by atoms with Gasteiger partial charge in [0.2, 0.25) is 10.0 Å². The molecule has 3 aromatic heterocycles. The van der Waals surface area contributed by atoms with Crippen LogP contribution in [0.3, 0.4) is 0 Å². The molecular weight excluding hydrogens is 634 g/mol. The number of sulfonamides is 1. The van der Waals surface area contributed by atoms with Gasteiger partial charge in [-0.1, -0.05) is 0 Å². The molecule has 0 aliphatic carbocycles. The van der Waals surface area contributed by atoms with Crippen LogP contribution in [0.4, 0.5) is 5.69 Å². The maximum absolute atomic E-state index is 12.4. The first-order valence-electron chi connectivity index (χ1n) is 14.7. The number of fused-ring (bicyclic) bond motifs is 1. The molecule has 2 N–H and O–H groups in total. The maximum atomic E-state index is 12.4. The van der Waals surface area contributed by atoms with Crippen molar-refractivity contribution in [3.63, 3.8) is 0 Å². The number of pyridine rings is 1.